The van der Waals surface area contributed by atoms with Crippen LogP contribution < -0.4 is 10.9 Å². The lowest BCUT2D eigenvalue weighted by Gasteiger charge is -2.09. The normalized spacial score (nSPS) is 11.1. The summed E-state index contributed by atoms with van der Waals surface area (Å²) in [4.78, 5) is 26.8. The first-order chi connectivity index (χ1) is 13.3. The van der Waals surface area contributed by atoms with Crippen molar-refractivity contribution >= 4 is 33.4 Å². The van der Waals surface area contributed by atoms with Crippen LogP contribution in [0.1, 0.15) is 0 Å². The van der Waals surface area contributed by atoms with Crippen molar-refractivity contribution in [2.24, 2.45) is 0 Å². The highest BCUT2D eigenvalue weighted by Gasteiger charge is 2.11. The number of anilines is 2. The van der Waals surface area contributed by atoms with Crippen molar-refractivity contribution in [2.45, 2.75) is 0 Å². The van der Waals surface area contributed by atoms with Crippen LogP contribution in [0, 0.1) is 0 Å². The molecule has 5 rings (SSSR count). The molecule has 2 aromatic carbocycles. The smallest absolute Gasteiger partial charge is 0.260 e. The maximum absolute atomic E-state index is 12.0. The summed E-state index contributed by atoms with van der Waals surface area (Å²) in [5.74, 6) is 0.758. The second-order valence-electron chi connectivity index (χ2n) is 6.24. The van der Waals surface area contributed by atoms with Gasteiger partial charge in [-0.1, -0.05) is 36.4 Å². The van der Waals surface area contributed by atoms with Crippen LogP contribution in [0.4, 0.5) is 11.5 Å². The van der Waals surface area contributed by atoms with E-state index in [1.165, 1.54) is 6.33 Å². The molecule has 6 nitrogen and oxygen atoms in total. The van der Waals surface area contributed by atoms with E-state index in [9.17, 15) is 4.79 Å². The van der Waals surface area contributed by atoms with Crippen molar-refractivity contribution in [1.29, 1.82) is 0 Å². The average molecular weight is 353 g/mol. The number of rotatable bonds is 3. The van der Waals surface area contributed by atoms with Gasteiger partial charge in [-0.3, -0.25) is 4.79 Å². The van der Waals surface area contributed by atoms with Crippen LogP contribution in [0.5, 0.6) is 0 Å². The van der Waals surface area contributed by atoms with E-state index >= 15 is 0 Å². The van der Waals surface area contributed by atoms with Crippen LogP contribution in [0.2, 0.25) is 0 Å². The Kier molecular flexibility index (Phi) is 3.47. The number of pyridine rings is 1. The molecule has 0 fully saturated rings. The number of aromatic amines is 2. The van der Waals surface area contributed by atoms with Gasteiger partial charge in [-0.2, -0.15) is 0 Å². The molecule has 3 N–H and O–H groups in total. The number of fused-ring (bicyclic) bond motifs is 2. The molecule has 3 aromatic heterocycles. The van der Waals surface area contributed by atoms with Crippen LogP contribution in [-0.4, -0.2) is 19.9 Å². The van der Waals surface area contributed by atoms with Gasteiger partial charge in [-0.25, -0.2) is 9.97 Å². The van der Waals surface area contributed by atoms with E-state index in [2.05, 4.69) is 20.3 Å². The Labute approximate surface area is 153 Å². The number of hydrogen-bond donors (Lipinski definition) is 3. The van der Waals surface area contributed by atoms with E-state index in [-0.39, 0.29) is 5.56 Å². The molecule has 5 aromatic rings. The Hall–Kier alpha value is -3.93. The number of benzene rings is 2. The van der Waals surface area contributed by atoms with Crippen molar-refractivity contribution in [3.8, 4) is 11.3 Å². The second kappa shape index (κ2) is 6.10. The molecule has 0 bridgehead atoms. The molecule has 0 saturated carbocycles. The van der Waals surface area contributed by atoms with Crippen molar-refractivity contribution in [3.63, 3.8) is 0 Å². The van der Waals surface area contributed by atoms with Gasteiger partial charge in [-0.15, -0.1) is 0 Å². The van der Waals surface area contributed by atoms with E-state index in [4.69, 9.17) is 4.98 Å². The minimum absolute atomic E-state index is 0.165. The molecule has 0 atom stereocenters. The first-order valence-electron chi connectivity index (χ1n) is 8.56. The van der Waals surface area contributed by atoms with Gasteiger partial charge < -0.3 is 15.3 Å². The monoisotopic (exact) mass is 353 g/mol. The van der Waals surface area contributed by atoms with Crippen LogP contribution in [0.25, 0.3) is 33.2 Å². The standard InChI is InChI=1S/C21H15N5O/c27-21-16-11-17(25-20(16)22-12-23-21)15-8-4-5-13-9-10-18(26-19(13)15)24-14-6-2-1-3-7-14/h1-12H,(H,24,26)(H2,22,23,25,27). The fourth-order valence-electron chi connectivity index (χ4n) is 3.20. The van der Waals surface area contributed by atoms with E-state index in [0.717, 1.165) is 33.7 Å². The zero-order chi connectivity index (χ0) is 18.2. The van der Waals surface area contributed by atoms with Crippen LogP contribution in [-0.2, 0) is 0 Å². The zero-order valence-electron chi connectivity index (χ0n) is 14.2. The van der Waals surface area contributed by atoms with Crippen LogP contribution >= 0.6 is 0 Å². The largest absolute Gasteiger partial charge is 0.340 e. The molecule has 0 saturated heterocycles. The van der Waals surface area contributed by atoms with E-state index < -0.39 is 0 Å². The summed E-state index contributed by atoms with van der Waals surface area (Å²) in [6.07, 6.45) is 1.40. The van der Waals surface area contributed by atoms with E-state index in [1.54, 1.807) is 0 Å². The molecule has 27 heavy (non-hydrogen) atoms. The molecular formula is C21H15N5O. The SMILES string of the molecule is O=c1[nH]cnc2[nH]c(-c3cccc4ccc(Nc5ccccc5)nc34)cc12. The lowest BCUT2D eigenvalue weighted by Crippen LogP contribution is -2.04. The predicted molar refractivity (Wildman–Crippen MR) is 107 cm³/mol. The third-order valence-corrected chi connectivity index (χ3v) is 4.49. The van der Waals surface area contributed by atoms with Crippen molar-refractivity contribution < 1.29 is 0 Å². The summed E-state index contributed by atoms with van der Waals surface area (Å²) in [6.45, 7) is 0. The molecule has 0 aliphatic carbocycles. The molecule has 0 aliphatic heterocycles. The maximum Gasteiger partial charge on any atom is 0.260 e. The predicted octanol–water partition coefficient (Wildman–Crippen LogP) is 4.21. The Morgan fingerprint density at radius 1 is 0.926 bits per heavy atom. The van der Waals surface area contributed by atoms with Crippen LogP contribution in [0.15, 0.2) is 77.9 Å². The third kappa shape index (κ3) is 2.73. The Balaban J connectivity index is 1.66. The minimum atomic E-state index is -0.165. The Morgan fingerprint density at radius 3 is 2.67 bits per heavy atom. The summed E-state index contributed by atoms with van der Waals surface area (Å²) in [7, 11) is 0. The molecule has 0 unspecified atom stereocenters. The summed E-state index contributed by atoms with van der Waals surface area (Å²) in [5, 5.41) is 4.87. The van der Waals surface area contributed by atoms with Gasteiger partial charge >= 0.3 is 0 Å². The third-order valence-electron chi connectivity index (χ3n) is 4.49. The Morgan fingerprint density at radius 2 is 1.81 bits per heavy atom. The quantitative estimate of drug-likeness (QED) is 0.453. The molecule has 0 radical (unpaired) electrons. The summed E-state index contributed by atoms with van der Waals surface area (Å²) < 4.78 is 0. The minimum Gasteiger partial charge on any atom is -0.340 e. The highest BCUT2D eigenvalue weighted by Crippen LogP contribution is 2.29. The lowest BCUT2D eigenvalue weighted by molar-refractivity contribution is 1.16. The van der Waals surface area contributed by atoms with Gasteiger partial charge in [0.15, 0.2) is 0 Å². The molecule has 3 heterocycles. The summed E-state index contributed by atoms with van der Waals surface area (Å²) >= 11 is 0. The van der Waals surface area contributed by atoms with Gasteiger partial charge in [0.1, 0.15) is 11.5 Å². The first kappa shape index (κ1) is 15.3. The van der Waals surface area contributed by atoms with E-state index in [0.29, 0.717) is 11.0 Å². The molecular weight excluding hydrogens is 338 g/mol. The second-order valence-corrected chi connectivity index (χ2v) is 6.24. The van der Waals surface area contributed by atoms with E-state index in [1.807, 2.05) is 66.7 Å². The van der Waals surface area contributed by atoms with Gasteiger partial charge in [0.25, 0.3) is 5.56 Å². The van der Waals surface area contributed by atoms with Crippen molar-refractivity contribution in [1.82, 2.24) is 19.9 Å². The van der Waals surface area contributed by atoms with Gasteiger partial charge in [0, 0.05) is 16.6 Å². The van der Waals surface area contributed by atoms with Gasteiger partial charge in [0.05, 0.1) is 22.9 Å². The van der Waals surface area contributed by atoms with Gasteiger partial charge in [-0.05, 0) is 30.3 Å². The lowest BCUT2D eigenvalue weighted by atomic mass is 10.1. The van der Waals surface area contributed by atoms with Crippen LogP contribution in [0.3, 0.4) is 0 Å². The summed E-state index contributed by atoms with van der Waals surface area (Å²) in [6, 6.07) is 21.7. The first-order valence-corrected chi connectivity index (χ1v) is 8.56. The molecule has 0 amide bonds. The fraction of sp³-hybridized carbons (Fsp3) is 0. The number of para-hydroxylation sites is 2. The highest BCUT2D eigenvalue weighted by atomic mass is 16.1. The topological polar surface area (TPSA) is 86.5 Å². The number of aromatic nitrogens is 4. The summed E-state index contributed by atoms with van der Waals surface area (Å²) in [5.41, 5.74) is 3.95. The molecule has 0 spiro atoms. The number of hydrogen-bond acceptors (Lipinski definition) is 4. The maximum atomic E-state index is 12.0. The average Bonchev–Trinajstić information content (AvgIpc) is 3.14. The Bertz CT molecular complexity index is 1320. The van der Waals surface area contributed by atoms with Crippen molar-refractivity contribution in [2.75, 3.05) is 5.32 Å². The number of H-pyrrole nitrogens is 2. The van der Waals surface area contributed by atoms with Gasteiger partial charge in [0.2, 0.25) is 0 Å². The molecule has 0 aliphatic rings. The fourth-order valence-corrected chi connectivity index (χ4v) is 3.20. The number of nitrogens with one attached hydrogen (secondary N) is 3. The molecule has 6 heteroatoms. The number of nitrogens with zero attached hydrogens (tertiary/aromatic N) is 2. The highest BCUT2D eigenvalue weighted by molar-refractivity contribution is 5.96. The molecule has 130 valence electrons. The van der Waals surface area contributed by atoms with Crippen molar-refractivity contribution in [3.05, 3.63) is 83.4 Å². The zero-order valence-corrected chi connectivity index (χ0v) is 14.2.